The molecule has 1 aliphatic carbocycles. The van der Waals surface area contributed by atoms with Gasteiger partial charge < -0.3 is 15.0 Å². The lowest BCUT2D eigenvalue weighted by Crippen LogP contribution is -2.53. The van der Waals surface area contributed by atoms with Gasteiger partial charge in [0.05, 0.1) is 0 Å². The van der Waals surface area contributed by atoms with E-state index in [2.05, 4.69) is 27.0 Å². The maximum Gasteiger partial charge on any atom is 0.193 e. The van der Waals surface area contributed by atoms with Gasteiger partial charge in [-0.15, -0.1) is 0 Å². The van der Waals surface area contributed by atoms with E-state index >= 15 is 0 Å². The van der Waals surface area contributed by atoms with Crippen LogP contribution in [0.5, 0.6) is 0 Å². The van der Waals surface area contributed by atoms with E-state index in [0.29, 0.717) is 4.75 Å². The lowest BCUT2D eigenvalue weighted by Gasteiger charge is -2.45. The van der Waals surface area contributed by atoms with Crippen LogP contribution in [0.2, 0.25) is 0 Å². The van der Waals surface area contributed by atoms with Crippen molar-refractivity contribution in [2.24, 2.45) is 10.9 Å². The zero-order valence-electron chi connectivity index (χ0n) is 14.7. The van der Waals surface area contributed by atoms with Gasteiger partial charge in [0.25, 0.3) is 0 Å². The van der Waals surface area contributed by atoms with E-state index in [4.69, 9.17) is 4.74 Å². The third-order valence-corrected chi connectivity index (χ3v) is 7.24. The molecule has 0 aromatic carbocycles. The summed E-state index contributed by atoms with van der Waals surface area (Å²) in [5.41, 5.74) is 0. The van der Waals surface area contributed by atoms with Crippen LogP contribution in [0, 0.1) is 5.92 Å². The molecule has 23 heavy (non-hydrogen) atoms. The second kappa shape index (κ2) is 8.61. The highest BCUT2D eigenvalue weighted by Gasteiger charge is 2.38. The molecule has 1 saturated carbocycles. The summed E-state index contributed by atoms with van der Waals surface area (Å²) in [6.07, 6.45) is 10.7. The number of hydrogen-bond donors (Lipinski definition) is 1. The Hall–Kier alpha value is -0.420. The van der Waals surface area contributed by atoms with E-state index in [1.807, 2.05) is 7.05 Å². The van der Waals surface area contributed by atoms with Crippen molar-refractivity contribution < 1.29 is 4.74 Å². The second-order valence-corrected chi connectivity index (χ2v) is 8.90. The summed E-state index contributed by atoms with van der Waals surface area (Å²) in [6.45, 7) is 5.28. The highest BCUT2D eigenvalue weighted by atomic mass is 32.2. The van der Waals surface area contributed by atoms with Gasteiger partial charge in [-0.1, -0.05) is 19.3 Å². The topological polar surface area (TPSA) is 36.9 Å². The Morgan fingerprint density at radius 3 is 2.78 bits per heavy atom. The molecule has 2 aliphatic heterocycles. The zero-order chi connectivity index (χ0) is 16.0. The fraction of sp³-hybridized carbons (Fsp3) is 0.944. The Kier molecular flexibility index (Phi) is 6.52. The lowest BCUT2D eigenvalue weighted by molar-refractivity contribution is 0.0642. The lowest BCUT2D eigenvalue weighted by atomic mass is 9.87. The molecule has 0 aromatic rings. The van der Waals surface area contributed by atoms with Gasteiger partial charge in [0.2, 0.25) is 0 Å². The highest BCUT2D eigenvalue weighted by molar-refractivity contribution is 8.00. The first-order chi connectivity index (χ1) is 11.3. The van der Waals surface area contributed by atoms with Gasteiger partial charge in [0.15, 0.2) is 5.96 Å². The zero-order valence-corrected chi connectivity index (χ0v) is 15.5. The van der Waals surface area contributed by atoms with Gasteiger partial charge in [-0.25, -0.2) is 0 Å². The molecule has 0 aromatic heterocycles. The standard InChI is InChI=1S/C18H33N3OS/c1-19-17(20-10-5-16-6-12-22-13-7-16)21-11-14-23-18(15-21)8-3-2-4-9-18/h16H,2-15H2,1H3,(H,19,20). The molecule has 2 heterocycles. The van der Waals surface area contributed by atoms with Gasteiger partial charge in [-0.2, -0.15) is 11.8 Å². The Morgan fingerprint density at radius 2 is 2.04 bits per heavy atom. The van der Waals surface area contributed by atoms with Crippen molar-refractivity contribution in [3.05, 3.63) is 0 Å². The van der Waals surface area contributed by atoms with Crippen molar-refractivity contribution in [1.29, 1.82) is 0 Å². The third-order valence-electron chi connectivity index (χ3n) is 5.70. The SMILES string of the molecule is CN=C(NCCC1CCOCC1)N1CCSC2(CCCCC2)C1. The van der Waals surface area contributed by atoms with Crippen molar-refractivity contribution in [3.8, 4) is 0 Å². The molecule has 2 saturated heterocycles. The predicted octanol–water partition coefficient (Wildman–Crippen LogP) is 3.13. The number of ether oxygens (including phenoxy) is 1. The minimum atomic E-state index is 0.509. The summed E-state index contributed by atoms with van der Waals surface area (Å²) >= 11 is 2.23. The Labute approximate surface area is 145 Å². The van der Waals surface area contributed by atoms with Crippen LogP contribution in [0.25, 0.3) is 0 Å². The smallest absolute Gasteiger partial charge is 0.193 e. The van der Waals surface area contributed by atoms with Gasteiger partial charge in [0.1, 0.15) is 0 Å². The molecule has 3 fully saturated rings. The van der Waals surface area contributed by atoms with Crippen LogP contribution in [-0.2, 0) is 4.74 Å². The van der Waals surface area contributed by atoms with Crippen molar-refractivity contribution in [3.63, 3.8) is 0 Å². The predicted molar refractivity (Wildman–Crippen MR) is 99.4 cm³/mol. The first-order valence-electron chi connectivity index (χ1n) is 9.49. The summed E-state index contributed by atoms with van der Waals surface area (Å²) in [4.78, 5) is 7.09. The molecule has 1 N–H and O–H groups in total. The van der Waals surface area contributed by atoms with E-state index in [1.54, 1.807) is 0 Å². The fourth-order valence-electron chi connectivity index (χ4n) is 4.28. The first kappa shape index (κ1) is 17.4. The van der Waals surface area contributed by atoms with E-state index in [-0.39, 0.29) is 0 Å². The molecule has 0 atom stereocenters. The van der Waals surface area contributed by atoms with Crippen LogP contribution in [0.15, 0.2) is 4.99 Å². The Bertz CT molecular complexity index is 384. The molecule has 3 aliphatic rings. The Balaban J connectivity index is 1.47. The monoisotopic (exact) mass is 339 g/mol. The number of rotatable bonds is 3. The maximum absolute atomic E-state index is 5.45. The minimum absolute atomic E-state index is 0.509. The quantitative estimate of drug-likeness (QED) is 0.633. The summed E-state index contributed by atoms with van der Waals surface area (Å²) < 4.78 is 5.96. The van der Waals surface area contributed by atoms with Gasteiger partial charge in [0, 0.05) is 50.4 Å². The van der Waals surface area contributed by atoms with Crippen molar-refractivity contribution >= 4 is 17.7 Å². The van der Waals surface area contributed by atoms with E-state index in [0.717, 1.165) is 38.2 Å². The summed E-state index contributed by atoms with van der Waals surface area (Å²) in [5.74, 6) is 3.21. The number of nitrogens with one attached hydrogen (secondary N) is 1. The second-order valence-electron chi connectivity index (χ2n) is 7.33. The fourth-order valence-corrected chi connectivity index (χ4v) is 5.85. The molecule has 0 amide bonds. The van der Waals surface area contributed by atoms with Crippen LogP contribution in [-0.4, -0.2) is 61.3 Å². The molecule has 132 valence electrons. The van der Waals surface area contributed by atoms with Crippen LogP contribution in [0.4, 0.5) is 0 Å². The van der Waals surface area contributed by atoms with Crippen molar-refractivity contribution in [2.75, 3.05) is 45.6 Å². The average Bonchev–Trinajstić information content (AvgIpc) is 2.60. The number of aliphatic imine (C=N–C) groups is 1. The van der Waals surface area contributed by atoms with Crippen molar-refractivity contribution in [2.45, 2.75) is 56.1 Å². The summed E-state index contributed by atoms with van der Waals surface area (Å²) in [6, 6.07) is 0. The minimum Gasteiger partial charge on any atom is -0.381 e. The summed E-state index contributed by atoms with van der Waals surface area (Å²) in [5, 5.41) is 3.63. The van der Waals surface area contributed by atoms with Gasteiger partial charge in [-0.05, 0) is 38.0 Å². The molecular formula is C18H33N3OS. The number of guanidine groups is 1. The van der Waals surface area contributed by atoms with Crippen molar-refractivity contribution in [1.82, 2.24) is 10.2 Å². The van der Waals surface area contributed by atoms with E-state index in [9.17, 15) is 0 Å². The number of hydrogen-bond acceptors (Lipinski definition) is 3. The first-order valence-corrected chi connectivity index (χ1v) is 10.5. The van der Waals surface area contributed by atoms with Crippen LogP contribution >= 0.6 is 11.8 Å². The largest absolute Gasteiger partial charge is 0.381 e. The van der Waals surface area contributed by atoms with Crippen LogP contribution in [0.1, 0.15) is 51.4 Å². The summed E-state index contributed by atoms with van der Waals surface area (Å²) in [7, 11) is 1.94. The normalized spacial score (nSPS) is 26.5. The molecule has 5 heteroatoms. The van der Waals surface area contributed by atoms with Crippen LogP contribution in [0.3, 0.4) is 0 Å². The maximum atomic E-state index is 5.45. The molecule has 3 rings (SSSR count). The van der Waals surface area contributed by atoms with Crippen LogP contribution < -0.4 is 5.32 Å². The third kappa shape index (κ3) is 4.79. The molecule has 1 spiro atoms. The molecule has 0 radical (unpaired) electrons. The van der Waals surface area contributed by atoms with E-state index in [1.165, 1.54) is 63.7 Å². The molecule has 4 nitrogen and oxygen atoms in total. The van der Waals surface area contributed by atoms with Gasteiger partial charge in [-0.3, -0.25) is 4.99 Å². The number of thioether (sulfide) groups is 1. The average molecular weight is 340 g/mol. The molecule has 0 unspecified atom stereocenters. The molecule has 0 bridgehead atoms. The molecular weight excluding hydrogens is 306 g/mol. The number of nitrogens with zero attached hydrogens (tertiary/aromatic N) is 2. The highest BCUT2D eigenvalue weighted by Crippen LogP contribution is 2.42. The Morgan fingerprint density at radius 1 is 1.26 bits per heavy atom. The van der Waals surface area contributed by atoms with Gasteiger partial charge >= 0.3 is 0 Å². The van der Waals surface area contributed by atoms with E-state index < -0.39 is 0 Å².